The molecule has 0 bridgehead atoms. The van der Waals surface area contributed by atoms with Crippen molar-refractivity contribution >= 4 is 38.9 Å². The number of hydrogen-bond donors (Lipinski definition) is 0. The zero-order valence-corrected chi connectivity index (χ0v) is 16.3. The van der Waals surface area contributed by atoms with Crippen LogP contribution >= 0.6 is 11.8 Å². The van der Waals surface area contributed by atoms with Crippen molar-refractivity contribution in [3.63, 3.8) is 0 Å². The van der Waals surface area contributed by atoms with Crippen LogP contribution in [0.5, 0.6) is 0 Å². The molecule has 1 aliphatic rings. The van der Waals surface area contributed by atoms with Crippen molar-refractivity contribution < 1.29 is 17.6 Å². The lowest BCUT2D eigenvalue weighted by atomic mass is 10.2. The Balaban J connectivity index is 1.96. The molecule has 6 nitrogen and oxygen atoms in total. The molecule has 1 amide bonds. The number of furan rings is 1. The van der Waals surface area contributed by atoms with E-state index in [1.54, 1.807) is 30.3 Å². The van der Waals surface area contributed by atoms with Crippen LogP contribution in [0.2, 0.25) is 0 Å². The van der Waals surface area contributed by atoms with E-state index < -0.39 is 10.0 Å². The fourth-order valence-electron chi connectivity index (χ4n) is 2.42. The van der Waals surface area contributed by atoms with E-state index in [9.17, 15) is 13.2 Å². The van der Waals surface area contributed by atoms with Gasteiger partial charge in [0.05, 0.1) is 16.1 Å². The first-order valence-corrected chi connectivity index (χ1v) is 10.5. The monoisotopic (exact) mass is 402 g/mol. The largest absolute Gasteiger partial charge is 0.465 e. The van der Waals surface area contributed by atoms with E-state index in [0.29, 0.717) is 10.7 Å². The summed E-state index contributed by atoms with van der Waals surface area (Å²) in [6, 6.07) is 9.97. The van der Waals surface area contributed by atoms with Gasteiger partial charge in [-0.2, -0.15) is 8.42 Å². The summed E-state index contributed by atoms with van der Waals surface area (Å²) in [4.78, 5) is 14.3. The van der Waals surface area contributed by atoms with Crippen LogP contribution in [0.4, 0.5) is 0 Å². The second-order valence-corrected chi connectivity index (χ2v) is 8.29. The first kappa shape index (κ1) is 19.2. The molecular formula is C19H18N2O4S2. The molecule has 2 heterocycles. The van der Waals surface area contributed by atoms with Crippen LogP contribution in [0.15, 0.2) is 73.9 Å². The number of rotatable bonds is 6. The summed E-state index contributed by atoms with van der Waals surface area (Å²) in [6.45, 7) is 5.77. The minimum atomic E-state index is -3.94. The molecule has 1 saturated heterocycles. The van der Waals surface area contributed by atoms with E-state index in [4.69, 9.17) is 4.42 Å². The zero-order valence-electron chi connectivity index (χ0n) is 14.7. The molecule has 0 radical (unpaired) electrons. The van der Waals surface area contributed by atoms with Gasteiger partial charge in [0.2, 0.25) is 0 Å². The van der Waals surface area contributed by atoms with Gasteiger partial charge in [-0.25, -0.2) is 0 Å². The van der Waals surface area contributed by atoms with E-state index in [1.165, 1.54) is 29.4 Å². The van der Waals surface area contributed by atoms with Gasteiger partial charge in [-0.15, -0.1) is 11.0 Å². The summed E-state index contributed by atoms with van der Waals surface area (Å²) < 4.78 is 34.5. The smallest absolute Gasteiger partial charge is 0.284 e. The first-order chi connectivity index (χ1) is 12.9. The first-order valence-electron chi connectivity index (χ1n) is 8.24. The lowest BCUT2D eigenvalue weighted by molar-refractivity contribution is -0.121. The number of nitrogens with zero attached hydrogens (tertiary/aromatic N) is 2. The van der Waals surface area contributed by atoms with E-state index in [1.807, 2.05) is 6.92 Å². The quantitative estimate of drug-likeness (QED) is 0.544. The minimum Gasteiger partial charge on any atom is -0.465 e. The number of sulfonamides is 1. The molecule has 1 aromatic carbocycles. The normalized spacial score (nSPS) is 17.8. The van der Waals surface area contributed by atoms with E-state index in [0.717, 1.165) is 23.7 Å². The van der Waals surface area contributed by atoms with Gasteiger partial charge >= 0.3 is 0 Å². The van der Waals surface area contributed by atoms with Crippen LogP contribution in [-0.4, -0.2) is 30.9 Å². The molecule has 1 aliphatic heterocycles. The number of thioether (sulfide) groups is 1. The van der Waals surface area contributed by atoms with Gasteiger partial charge in [0.1, 0.15) is 5.76 Å². The van der Waals surface area contributed by atoms with Gasteiger partial charge in [0.15, 0.2) is 5.17 Å². The number of hydrogen-bond acceptors (Lipinski definition) is 5. The Hall–Kier alpha value is -2.58. The number of amides is 1. The number of amidine groups is 1. The molecule has 140 valence electrons. The molecule has 0 aliphatic carbocycles. The molecule has 1 fully saturated rings. The highest BCUT2D eigenvalue weighted by molar-refractivity contribution is 8.19. The predicted molar refractivity (Wildman–Crippen MR) is 107 cm³/mol. The third-order valence-electron chi connectivity index (χ3n) is 3.84. The van der Waals surface area contributed by atoms with Crippen LogP contribution in [0.25, 0.3) is 6.08 Å². The molecule has 3 rings (SSSR count). The van der Waals surface area contributed by atoms with Crippen LogP contribution in [0.3, 0.4) is 0 Å². The molecule has 0 saturated carbocycles. The van der Waals surface area contributed by atoms with Crippen LogP contribution in [-0.2, 0) is 21.2 Å². The van der Waals surface area contributed by atoms with Crippen molar-refractivity contribution in [2.75, 3.05) is 6.54 Å². The Kier molecular flexibility index (Phi) is 5.67. The van der Waals surface area contributed by atoms with Crippen molar-refractivity contribution in [2.45, 2.75) is 18.2 Å². The van der Waals surface area contributed by atoms with E-state index in [-0.39, 0.29) is 22.5 Å². The SMILES string of the molecule is C=CCN1C(=O)C(=Cc2ccco2)SC1=NS(=O)(=O)c1ccc(CC)cc1. The molecular weight excluding hydrogens is 384 g/mol. The third kappa shape index (κ3) is 4.23. The Labute approximate surface area is 162 Å². The maximum atomic E-state index is 12.7. The molecule has 2 aromatic rings. The average molecular weight is 402 g/mol. The highest BCUT2D eigenvalue weighted by Crippen LogP contribution is 2.33. The lowest BCUT2D eigenvalue weighted by Crippen LogP contribution is -2.29. The summed E-state index contributed by atoms with van der Waals surface area (Å²) in [5.41, 5.74) is 1.03. The summed E-state index contributed by atoms with van der Waals surface area (Å²) in [7, 11) is -3.94. The van der Waals surface area contributed by atoms with Gasteiger partial charge in [-0.3, -0.25) is 9.69 Å². The molecule has 0 N–H and O–H groups in total. The lowest BCUT2D eigenvalue weighted by Gasteiger charge is -2.12. The number of benzene rings is 1. The maximum absolute atomic E-state index is 12.7. The third-order valence-corrected chi connectivity index (χ3v) is 6.25. The highest BCUT2D eigenvalue weighted by atomic mass is 32.2. The fraction of sp³-hybridized carbons (Fsp3) is 0.158. The van der Waals surface area contributed by atoms with Crippen molar-refractivity contribution in [1.29, 1.82) is 0 Å². The number of aryl methyl sites for hydroxylation is 1. The van der Waals surface area contributed by atoms with Gasteiger partial charge in [0.25, 0.3) is 15.9 Å². The molecule has 1 aromatic heterocycles. The van der Waals surface area contributed by atoms with Gasteiger partial charge in [-0.05, 0) is 48.0 Å². The Morgan fingerprint density at radius 3 is 2.59 bits per heavy atom. The Morgan fingerprint density at radius 2 is 2.00 bits per heavy atom. The highest BCUT2D eigenvalue weighted by Gasteiger charge is 2.34. The molecule has 8 heteroatoms. The number of carbonyl (C=O) groups excluding carboxylic acids is 1. The standard InChI is InChI=1S/C19H18N2O4S2/c1-3-11-21-18(22)17(13-15-6-5-12-25-15)26-19(21)20-27(23,24)16-9-7-14(4-2)8-10-16/h3,5-10,12-13H,1,4,11H2,2H3. The van der Waals surface area contributed by atoms with Crippen molar-refractivity contribution in [3.05, 3.63) is 71.5 Å². The van der Waals surface area contributed by atoms with E-state index >= 15 is 0 Å². The number of carbonyl (C=O) groups is 1. The molecule has 0 unspecified atom stereocenters. The Bertz CT molecular complexity index is 1000. The Morgan fingerprint density at radius 1 is 1.26 bits per heavy atom. The van der Waals surface area contributed by atoms with Crippen molar-refractivity contribution in [2.24, 2.45) is 4.40 Å². The summed E-state index contributed by atoms with van der Waals surface area (Å²) >= 11 is 0.995. The van der Waals surface area contributed by atoms with Crippen LogP contribution in [0.1, 0.15) is 18.2 Å². The maximum Gasteiger partial charge on any atom is 0.284 e. The van der Waals surface area contributed by atoms with E-state index in [2.05, 4.69) is 11.0 Å². The summed E-state index contributed by atoms with van der Waals surface area (Å²) in [5.74, 6) is 0.162. The van der Waals surface area contributed by atoms with Gasteiger partial charge < -0.3 is 4.42 Å². The zero-order chi connectivity index (χ0) is 19.4. The molecule has 0 spiro atoms. The van der Waals surface area contributed by atoms with Crippen molar-refractivity contribution in [1.82, 2.24) is 4.90 Å². The molecule has 27 heavy (non-hydrogen) atoms. The topological polar surface area (TPSA) is 80.0 Å². The second-order valence-electron chi connectivity index (χ2n) is 5.68. The van der Waals surface area contributed by atoms with Crippen LogP contribution in [0, 0.1) is 0 Å². The van der Waals surface area contributed by atoms with Gasteiger partial charge in [0, 0.05) is 12.6 Å². The summed E-state index contributed by atoms with van der Waals surface area (Å²) in [5, 5.41) is 0.0947. The second kappa shape index (κ2) is 7.98. The fourth-order valence-corrected chi connectivity index (χ4v) is 4.59. The summed E-state index contributed by atoms with van der Waals surface area (Å²) in [6.07, 6.45) is 5.39. The van der Waals surface area contributed by atoms with Crippen LogP contribution < -0.4 is 0 Å². The minimum absolute atomic E-state index is 0.0854. The van der Waals surface area contributed by atoms with Gasteiger partial charge in [-0.1, -0.05) is 25.1 Å². The van der Waals surface area contributed by atoms with Crippen molar-refractivity contribution in [3.8, 4) is 0 Å². The average Bonchev–Trinajstić information content (AvgIpc) is 3.26. The predicted octanol–water partition coefficient (Wildman–Crippen LogP) is 3.69. The molecule has 0 atom stereocenters.